The monoisotopic (exact) mass is 348 g/mol. The van der Waals surface area contributed by atoms with Gasteiger partial charge in [0, 0.05) is 11.3 Å². The summed E-state index contributed by atoms with van der Waals surface area (Å²) in [5.74, 6) is -0.513. The van der Waals surface area contributed by atoms with Crippen LogP contribution in [0.2, 0.25) is 0 Å². The lowest BCUT2D eigenvalue weighted by atomic mass is 9.57. The lowest BCUT2D eigenvalue weighted by molar-refractivity contribution is -0.185. The summed E-state index contributed by atoms with van der Waals surface area (Å²) in [5, 5.41) is 0. The molecule has 3 rings (SSSR count). The molecule has 3 aliphatic rings. The Bertz CT molecular complexity index is 589. The Morgan fingerprint density at radius 3 is 2.40 bits per heavy atom. The number of hydrogen-bond acceptors (Lipinski definition) is 4. The molecular weight excluding hydrogens is 316 g/mol. The molecular formula is C21H32O4. The summed E-state index contributed by atoms with van der Waals surface area (Å²) in [5.41, 5.74) is 0.979. The van der Waals surface area contributed by atoms with Gasteiger partial charge in [-0.3, -0.25) is 4.79 Å². The predicted molar refractivity (Wildman–Crippen MR) is 96.1 cm³/mol. The van der Waals surface area contributed by atoms with E-state index in [9.17, 15) is 9.59 Å². The van der Waals surface area contributed by atoms with Gasteiger partial charge in [-0.25, -0.2) is 0 Å². The average Bonchev–Trinajstić information content (AvgIpc) is 2.84. The molecule has 0 aromatic heterocycles. The standard InChI is InChI=1S/C21H32O4/c1-14-10-11-21(19(2,3)17(14)13-23)18(24-20(4,5)25-21)16-9-7-6-8-15(16)12-22/h12-13,15-16,18H,6-11H2,1-5H3/t15-,16+,18-,21+/m0/s1. The number of aldehydes is 2. The molecule has 0 N–H and O–H groups in total. The molecule has 140 valence electrons. The van der Waals surface area contributed by atoms with Gasteiger partial charge in [0.1, 0.15) is 18.2 Å². The van der Waals surface area contributed by atoms with Crippen LogP contribution < -0.4 is 0 Å². The van der Waals surface area contributed by atoms with Crippen LogP contribution in [-0.2, 0) is 19.1 Å². The van der Waals surface area contributed by atoms with Crippen molar-refractivity contribution in [3.8, 4) is 0 Å². The molecule has 0 unspecified atom stereocenters. The third-order valence-corrected chi connectivity index (χ3v) is 6.92. The van der Waals surface area contributed by atoms with Crippen molar-refractivity contribution in [2.75, 3.05) is 0 Å². The van der Waals surface area contributed by atoms with E-state index < -0.39 is 16.8 Å². The first-order chi connectivity index (χ1) is 11.7. The van der Waals surface area contributed by atoms with Gasteiger partial charge in [0.05, 0.1) is 6.10 Å². The van der Waals surface area contributed by atoms with Crippen LogP contribution in [-0.4, -0.2) is 30.1 Å². The van der Waals surface area contributed by atoms with Crippen molar-refractivity contribution in [3.63, 3.8) is 0 Å². The molecule has 4 nitrogen and oxygen atoms in total. The van der Waals surface area contributed by atoms with Crippen LogP contribution in [0, 0.1) is 17.3 Å². The minimum Gasteiger partial charge on any atom is -0.344 e. The second-order valence-corrected chi connectivity index (χ2v) is 9.11. The molecule has 0 aromatic rings. The molecule has 1 aliphatic heterocycles. The second-order valence-electron chi connectivity index (χ2n) is 9.11. The molecule has 1 saturated heterocycles. The molecule has 1 saturated carbocycles. The van der Waals surface area contributed by atoms with E-state index in [0.717, 1.165) is 62.2 Å². The molecule has 0 aromatic carbocycles. The average molecular weight is 348 g/mol. The Morgan fingerprint density at radius 1 is 1.08 bits per heavy atom. The van der Waals surface area contributed by atoms with Crippen molar-refractivity contribution < 1.29 is 19.1 Å². The number of carbonyl (C=O) groups is 2. The molecule has 4 atom stereocenters. The normalized spacial score (nSPS) is 40.3. The van der Waals surface area contributed by atoms with E-state index in [1.165, 1.54) is 0 Å². The third kappa shape index (κ3) is 2.82. The molecule has 4 heteroatoms. The topological polar surface area (TPSA) is 52.6 Å². The number of allylic oxidation sites excluding steroid dienone is 1. The van der Waals surface area contributed by atoms with Gasteiger partial charge < -0.3 is 14.3 Å². The first kappa shape index (κ1) is 18.8. The van der Waals surface area contributed by atoms with Crippen LogP contribution in [0.25, 0.3) is 0 Å². The van der Waals surface area contributed by atoms with Gasteiger partial charge >= 0.3 is 0 Å². The first-order valence-corrected chi connectivity index (χ1v) is 9.67. The number of carbonyl (C=O) groups excluding carboxylic acids is 2. The number of ether oxygens (including phenoxy) is 2. The van der Waals surface area contributed by atoms with E-state index >= 15 is 0 Å². The minimum atomic E-state index is -0.702. The van der Waals surface area contributed by atoms with Gasteiger partial charge in [0.15, 0.2) is 5.79 Å². The van der Waals surface area contributed by atoms with Gasteiger partial charge in [-0.1, -0.05) is 32.3 Å². The summed E-state index contributed by atoms with van der Waals surface area (Å²) < 4.78 is 13.1. The van der Waals surface area contributed by atoms with Crippen molar-refractivity contribution in [1.29, 1.82) is 0 Å². The SMILES string of the molecule is CC1=C(C=O)C(C)(C)[C@]2(CC1)OC(C)(C)O[C@H]2[C@@H]1CCCC[C@H]1C=O. The molecule has 2 aliphatic carbocycles. The lowest BCUT2D eigenvalue weighted by Gasteiger charge is -2.52. The van der Waals surface area contributed by atoms with Crippen molar-refractivity contribution in [2.45, 2.75) is 90.6 Å². The minimum absolute atomic E-state index is 0.0237. The quantitative estimate of drug-likeness (QED) is 0.717. The lowest BCUT2D eigenvalue weighted by Crippen LogP contribution is -2.58. The highest BCUT2D eigenvalue weighted by Crippen LogP contribution is 2.59. The Balaban J connectivity index is 2.08. The molecule has 25 heavy (non-hydrogen) atoms. The van der Waals surface area contributed by atoms with E-state index in [1.54, 1.807) is 0 Å². The summed E-state index contributed by atoms with van der Waals surface area (Å²) in [7, 11) is 0. The molecule has 1 heterocycles. The maximum atomic E-state index is 11.9. The molecule has 2 fully saturated rings. The van der Waals surface area contributed by atoms with Gasteiger partial charge in [-0.15, -0.1) is 0 Å². The summed E-state index contributed by atoms with van der Waals surface area (Å²) in [6.45, 7) is 10.2. The van der Waals surface area contributed by atoms with Crippen LogP contribution >= 0.6 is 0 Å². The van der Waals surface area contributed by atoms with Crippen LogP contribution in [0.5, 0.6) is 0 Å². The smallest absolute Gasteiger partial charge is 0.164 e. The number of rotatable bonds is 3. The summed E-state index contributed by atoms with van der Waals surface area (Å²) >= 11 is 0. The van der Waals surface area contributed by atoms with Crippen LogP contribution in [0.4, 0.5) is 0 Å². The second kappa shape index (κ2) is 6.31. The Morgan fingerprint density at radius 2 is 1.76 bits per heavy atom. The summed E-state index contributed by atoms with van der Waals surface area (Å²) in [6, 6.07) is 0. The molecule has 0 radical (unpaired) electrons. The van der Waals surface area contributed by atoms with E-state index in [-0.39, 0.29) is 17.9 Å². The van der Waals surface area contributed by atoms with Crippen molar-refractivity contribution in [2.24, 2.45) is 17.3 Å². The Kier molecular flexibility index (Phi) is 4.74. The zero-order chi connectivity index (χ0) is 18.5. The van der Waals surface area contributed by atoms with Crippen LogP contribution in [0.15, 0.2) is 11.1 Å². The first-order valence-electron chi connectivity index (χ1n) is 9.67. The summed E-state index contributed by atoms with van der Waals surface area (Å²) in [4.78, 5) is 23.6. The molecule has 1 spiro atoms. The fourth-order valence-corrected chi connectivity index (χ4v) is 5.59. The van der Waals surface area contributed by atoms with Crippen LogP contribution in [0.1, 0.15) is 73.1 Å². The van der Waals surface area contributed by atoms with E-state index in [2.05, 4.69) is 13.8 Å². The van der Waals surface area contributed by atoms with Crippen LogP contribution in [0.3, 0.4) is 0 Å². The highest BCUT2D eigenvalue weighted by molar-refractivity contribution is 5.77. The Labute approximate surface area is 151 Å². The zero-order valence-electron chi connectivity index (χ0n) is 16.3. The van der Waals surface area contributed by atoms with Crippen molar-refractivity contribution in [3.05, 3.63) is 11.1 Å². The largest absolute Gasteiger partial charge is 0.344 e. The molecule has 0 amide bonds. The van der Waals surface area contributed by atoms with Gasteiger partial charge in [-0.2, -0.15) is 0 Å². The van der Waals surface area contributed by atoms with E-state index in [4.69, 9.17) is 9.47 Å². The van der Waals surface area contributed by atoms with Crippen molar-refractivity contribution in [1.82, 2.24) is 0 Å². The zero-order valence-corrected chi connectivity index (χ0v) is 16.3. The maximum absolute atomic E-state index is 11.9. The van der Waals surface area contributed by atoms with Crippen molar-refractivity contribution >= 4 is 12.6 Å². The van der Waals surface area contributed by atoms with Gasteiger partial charge in [0.25, 0.3) is 0 Å². The molecule has 0 bridgehead atoms. The third-order valence-electron chi connectivity index (χ3n) is 6.92. The highest BCUT2D eigenvalue weighted by atomic mass is 16.8. The van der Waals surface area contributed by atoms with E-state index in [1.807, 2.05) is 20.8 Å². The highest BCUT2D eigenvalue weighted by Gasteiger charge is 2.65. The predicted octanol–water partition coefficient (Wildman–Crippen LogP) is 4.22. The Hall–Kier alpha value is -1.00. The fourth-order valence-electron chi connectivity index (χ4n) is 5.59. The number of hydrogen-bond donors (Lipinski definition) is 0. The van der Waals surface area contributed by atoms with Gasteiger partial charge in [0.2, 0.25) is 0 Å². The maximum Gasteiger partial charge on any atom is 0.164 e. The summed E-state index contributed by atoms with van der Waals surface area (Å²) in [6.07, 6.45) is 7.78. The fraction of sp³-hybridized carbons (Fsp3) is 0.810. The van der Waals surface area contributed by atoms with Gasteiger partial charge in [-0.05, 0) is 57.9 Å². The van der Waals surface area contributed by atoms with E-state index in [0.29, 0.717) is 0 Å².